The Bertz CT molecular complexity index is 564. The molecular formula is C19H31NO3Si. The van der Waals surface area contributed by atoms with Crippen LogP contribution < -0.4 is 0 Å². The third-order valence-electron chi connectivity index (χ3n) is 4.67. The van der Waals surface area contributed by atoms with Crippen LogP contribution in [0.2, 0.25) is 19.6 Å². The Morgan fingerprint density at radius 1 is 1.08 bits per heavy atom. The molecule has 0 bridgehead atoms. The zero-order valence-electron chi connectivity index (χ0n) is 15.9. The van der Waals surface area contributed by atoms with Gasteiger partial charge in [0, 0.05) is 6.42 Å². The van der Waals surface area contributed by atoms with E-state index in [4.69, 9.17) is 14.0 Å². The van der Waals surface area contributed by atoms with E-state index in [-0.39, 0.29) is 5.41 Å². The Kier molecular flexibility index (Phi) is 5.89. The first-order chi connectivity index (χ1) is 11.3. The van der Waals surface area contributed by atoms with Crippen LogP contribution >= 0.6 is 0 Å². The van der Waals surface area contributed by atoms with Crippen molar-refractivity contribution in [2.45, 2.75) is 65.6 Å². The van der Waals surface area contributed by atoms with Crippen molar-refractivity contribution in [3.05, 3.63) is 35.9 Å². The fraction of sp³-hybridized carbons (Fsp3) is 0.632. The van der Waals surface area contributed by atoms with E-state index in [9.17, 15) is 0 Å². The van der Waals surface area contributed by atoms with Crippen LogP contribution in [-0.2, 0) is 14.0 Å². The molecule has 0 N–H and O–H groups in total. The first-order valence-electron chi connectivity index (χ1n) is 8.96. The highest BCUT2D eigenvalue weighted by Gasteiger charge is 2.59. The van der Waals surface area contributed by atoms with Crippen molar-refractivity contribution in [2.75, 3.05) is 6.61 Å². The van der Waals surface area contributed by atoms with Crippen molar-refractivity contribution < 1.29 is 14.0 Å². The molecule has 1 aliphatic heterocycles. The van der Waals surface area contributed by atoms with Crippen LogP contribution in [0.1, 0.15) is 45.6 Å². The van der Waals surface area contributed by atoms with Gasteiger partial charge >= 0.3 is 5.97 Å². The van der Waals surface area contributed by atoms with E-state index in [1.807, 2.05) is 25.1 Å². The summed E-state index contributed by atoms with van der Waals surface area (Å²) >= 11 is 0. The summed E-state index contributed by atoms with van der Waals surface area (Å²) in [5, 5.41) is 4.44. The van der Waals surface area contributed by atoms with E-state index >= 15 is 0 Å². The molecule has 5 heteroatoms. The molecule has 0 spiro atoms. The molecule has 24 heavy (non-hydrogen) atoms. The second kappa shape index (κ2) is 7.38. The summed E-state index contributed by atoms with van der Waals surface area (Å²) < 4.78 is 12.6. The topological polar surface area (TPSA) is 40.0 Å². The van der Waals surface area contributed by atoms with Gasteiger partial charge in [-0.2, -0.15) is 0 Å². The summed E-state index contributed by atoms with van der Waals surface area (Å²) in [6.45, 7) is 13.3. The van der Waals surface area contributed by atoms with Gasteiger partial charge in [-0.15, -0.1) is 0 Å². The Hall–Kier alpha value is -1.17. The summed E-state index contributed by atoms with van der Waals surface area (Å²) in [4.78, 5) is 6.03. The monoisotopic (exact) mass is 349 g/mol. The molecule has 4 nitrogen and oxygen atoms in total. The maximum absolute atomic E-state index is 6.48. The molecule has 0 radical (unpaired) electrons. The minimum absolute atomic E-state index is 0.254. The molecule has 1 heterocycles. The minimum atomic E-state index is -1.90. The summed E-state index contributed by atoms with van der Waals surface area (Å²) in [6, 6.07) is 10.2. The van der Waals surface area contributed by atoms with Crippen LogP contribution in [0, 0.1) is 5.41 Å². The predicted molar refractivity (Wildman–Crippen MR) is 100 cm³/mol. The molecule has 134 valence electrons. The highest BCUT2D eigenvalue weighted by Crippen LogP contribution is 2.50. The summed E-state index contributed by atoms with van der Waals surface area (Å²) in [5.74, 6) is -1.09. The second-order valence-electron chi connectivity index (χ2n) is 7.36. The lowest BCUT2D eigenvalue weighted by Gasteiger charge is -2.50. The first kappa shape index (κ1) is 19.2. The van der Waals surface area contributed by atoms with Crippen molar-refractivity contribution in [1.82, 2.24) is 0 Å². The van der Waals surface area contributed by atoms with Crippen LogP contribution in [0.25, 0.3) is 0 Å². The number of ether oxygens (including phenoxy) is 1. The summed E-state index contributed by atoms with van der Waals surface area (Å²) in [7, 11) is -1.90. The SMILES string of the molecule is CCOC1(O[Si](C)(C)C)ON=C(c2ccccc2)CC1(CC)CC. The average Bonchev–Trinajstić information content (AvgIpc) is 2.55. The number of oxime groups is 1. The van der Waals surface area contributed by atoms with E-state index in [1.165, 1.54) is 0 Å². The third-order valence-corrected chi connectivity index (χ3v) is 5.55. The number of hydrogen-bond donors (Lipinski definition) is 0. The molecular weight excluding hydrogens is 318 g/mol. The molecule has 0 fully saturated rings. The fourth-order valence-corrected chi connectivity index (χ4v) is 4.44. The van der Waals surface area contributed by atoms with Crippen LogP contribution in [-0.4, -0.2) is 26.6 Å². The molecule has 0 aromatic heterocycles. The van der Waals surface area contributed by atoms with Crippen LogP contribution in [0.15, 0.2) is 35.5 Å². The molecule has 1 atom stereocenters. The third kappa shape index (κ3) is 3.73. The maximum Gasteiger partial charge on any atom is 0.347 e. The van der Waals surface area contributed by atoms with Crippen molar-refractivity contribution in [1.29, 1.82) is 0 Å². The quantitative estimate of drug-likeness (QED) is 0.504. The van der Waals surface area contributed by atoms with Gasteiger partial charge in [0.25, 0.3) is 0 Å². The Labute approximate surface area is 147 Å². The van der Waals surface area contributed by atoms with Crippen molar-refractivity contribution in [3.63, 3.8) is 0 Å². The first-order valence-corrected chi connectivity index (χ1v) is 12.4. The molecule has 0 aliphatic carbocycles. The van der Waals surface area contributed by atoms with Gasteiger partial charge in [-0.1, -0.05) is 49.3 Å². The maximum atomic E-state index is 6.48. The lowest BCUT2D eigenvalue weighted by Crippen LogP contribution is -2.60. The molecule has 1 unspecified atom stereocenters. The van der Waals surface area contributed by atoms with Gasteiger partial charge in [-0.25, -0.2) is 0 Å². The van der Waals surface area contributed by atoms with Gasteiger partial charge in [0.05, 0.1) is 17.7 Å². The van der Waals surface area contributed by atoms with Crippen LogP contribution in [0.4, 0.5) is 0 Å². The normalized spacial score (nSPS) is 23.5. The zero-order chi connectivity index (χ0) is 17.8. The molecule has 1 aromatic rings. The smallest absolute Gasteiger partial charge is 0.347 e. The number of nitrogens with zero attached hydrogens (tertiary/aromatic N) is 1. The number of benzene rings is 1. The van der Waals surface area contributed by atoms with Gasteiger partial charge in [0.2, 0.25) is 0 Å². The van der Waals surface area contributed by atoms with Gasteiger partial charge in [-0.05, 0) is 45.0 Å². The van der Waals surface area contributed by atoms with Crippen molar-refractivity contribution >= 4 is 14.0 Å². The lowest BCUT2D eigenvalue weighted by molar-refractivity contribution is -0.408. The standard InChI is InChI=1S/C19H31NO3Si/c1-7-18(8-2)15-17(16-13-11-10-12-14-16)20-22-19(18,21-9-3)23-24(4,5)6/h10-14H,7-9,15H2,1-6H3. The molecule has 1 aromatic carbocycles. The average molecular weight is 350 g/mol. The Morgan fingerprint density at radius 3 is 2.21 bits per heavy atom. The molecule has 1 aliphatic rings. The van der Waals surface area contributed by atoms with Gasteiger partial charge in [-0.3, -0.25) is 0 Å². The van der Waals surface area contributed by atoms with E-state index in [1.54, 1.807) is 0 Å². The van der Waals surface area contributed by atoms with Crippen LogP contribution in [0.5, 0.6) is 0 Å². The van der Waals surface area contributed by atoms with Gasteiger partial charge in [0.1, 0.15) is 0 Å². The number of hydrogen-bond acceptors (Lipinski definition) is 4. The van der Waals surface area contributed by atoms with Crippen LogP contribution in [0.3, 0.4) is 0 Å². The fourth-order valence-electron chi connectivity index (χ4n) is 3.32. The van der Waals surface area contributed by atoms with E-state index in [2.05, 4.69) is 50.8 Å². The van der Waals surface area contributed by atoms with Crippen molar-refractivity contribution in [2.24, 2.45) is 10.6 Å². The second-order valence-corrected chi connectivity index (χ2v) is 11.8. The highest BCUT2D eigenvalue weighted by atomic mass is 28.4. The molecule has 0 saturated heterocycles. The van der Waals surface area contributed by atoms with Crippen molar-refractivity contribution in [3.8, 4) is 0 Å². The zero-order valence-corrected chi connectivity index (χ0v) is 16.9. The highest BCUT2D eigenvalue weighted by molar-refractivity contribution is 6.69. The van der Waals surface area contributed by atoms with E-state index < -0.39 is 14.3 Å². The van der Waals surface area contributed by atoms with Gasteiger partial charge in [0.15, 0.2) is 8.32 Å². The van der Waals surface area contributed by atoms with E-state index in [0.29, 0.717) is 6.61 Å². The number of rotatable bonds is 7. The predicted octanol–water partition coefficient (Wildman–Crippen LogP) is 5.16. The van der Waals surface area contributed by atoms with E-state index in [0.717, 1.165) is 30.5 Å². The summed E-state index contributed by atoms with van der Waals surface area (Å²) in [6.07, 6.45) is 2.59. The molecule has 2 rings (SSSR count). The summed E-state index contributed by atoms with van der Waals surface area (Å²) in [5.41, 5.74) is 1.81. The molecule has 0 saturated carbocycles. The largest absolute Gasteiger partial charge is 0.358 e. The molecule has 0 amide bonds. The minimum Gasteiger partial charge on any atom is -0.358 e. The van der Waals surface area contributed by atoms with Gasteiger partial charge < -0.3 is 14.0 Å². The Balaban J connectivity index is 2.48. The lowest BCUT2D eigenvalue weighted by atomic mass is 9.73. The Morgan fingerprint density at radius 2 is 1.71 bits per heavy atom.